The molecule has 0 aromatic rings. The van der Waals surface area contributed by atoms with Crippen molar-refractivity contribution < 1.29 is 0 Å². The van der Waals surface area contributed by atoms with Crippen LogP contribution in [-0.2, 0) is 0 Å². The minimum Gasteiger partial charge on any atom is -0.0625 e. The molecule has 0 amide bonds. The molecule has 0 N–H and O–H groups in total. The Bertz CT molecular complexity index is 467. The van der Waals surface area contributed by atoms with Gasteiger partial charge in [0.2, 0.25) is 0 Å². The van der Waals surface area contributed by atoms with Gasteiger partial charge in [-0.15, -0.1) is 0 Å². The van der Waals surface area contributed by atoms with Crippen LogP contribution in [0.25, 0.3) is 0 Å². The van der Waals surface area contributed by atoms with E-state index in [-0.39, 0.29) is 0 Å². The van der Waals surface area contributed by atoms with Crippen molar-refractivity contribution in [3.8, 4) is 0 Å². The monoisotopic (exact) mass is 330 g/mol. The highest BCUT2D eigenvalue weighted by molar-refractivity contribution is 5.13. The number of hydrogen-bond acceptors (Lipinski definition) is 0. The summed E-state index contributed by atoms with van der Waals surface area (Å²) < 4.78 is 0. The van der Waals surface area contributed by atoms with Gasteiger partial charge in [0.1, 0.15) is 0 Å². The first-order chi connectivity index (χ1) is 11.4. The molecular weight excluding hydrogens is 288 g/mol. The molecule has 9 unspecified atom stereocenters. The fourth-order valence-electron chi connectivity index (χ4n) is 8.94. The third-order valence-electron chi connectivity index (χ3n) is 9.79. The van der Waals surface area contributed by atoms with Crippen LogP contribution >= 0.6 is 0 Å². The quantitative estimate of drug-likeness (QED) is 0.436. The Morgan fingerprint density at radius 3 is 2.29 bits per heavy atom. The molecule has 4 rings (SSSR count). The second-order valence-corrected chi connectivity index (χ2v) is 11.4. The summed E-state index contributed by atoms with van der Waals surface area (Å²) in [5.74, 6) is 6.98. The minimum atomic E-state index is 0.659. The van der Waals surface area contributed by atoms with E-state index in [2.05, 4.69) is 34.6 Å². The zero-order valence-electron chi connectivity index (χ0n) is 17.1. The van der Waals surface area contributed by atoms with E-state index < -0.39 is 0 Å². The summed E-state index contributed by atoms with van der Waals surface area (Å²) in [7, 11) is 0. The summed E-state index contributed by atoms with van der Waals surface area (Å²) in [4.78, 5) is 0. The zero-order chi connectivity index (χ0) is 17.1. The van der Waals surface area contributed by atoms with Crippen LogP contribution in [0.5, 0.6) is 0 Å². The Hall–Kier alpha value is 0. The molecule has 0 spiro atoms. The summed E-state index contributed by atoms with van der Waals surface area (Å²) in [6.07, 6.45) is 15.3. The first-order valence-electron chi connectivity index (χ1n) is 11.4. The third kappa shape index (κ3) is 2.52. The lowest BCUT2D eigenvalue weighted by atomic mass is 9.53. The summed E-state index contributed by atoms with van der Waals surface area (Å²) in [5, 5.41) is 0. The molecule has 0 saturated heterocycles. The van der Waals surface area contributed by atoms with Gasteiger partial charge in [0.25, 0.3) is 0 Å². The fraction of sp³-hybridized carbons (Fsp3) is 1.00. The molecule has 0 heteroatoms. The average molecular weight is 331 g/mol. The first kappa shape index (κ1) is 17.4. The first-order valence-corrected chi connectivity index (χ1v) is 11.4. The van der Waals surface area contributed by atoms with Gasteiger partial charge in [-0.3, -0.25) is 0 Å². The Morgan fingerprint density at radius 1 is 0.750 bits per heavy atom. The lowest BCUT2D eigenvalue weighted by Gasteiger charge is -2.51. The van der Waals surface area contributed by atoms with Crippen molar-refractivity contribution in [2.45, 2.75) is 98.8 Å². The largest absolute Gasteiger partial charge is 0.0625 e. The molecule has 0 aromatic heterocycles. The predicted molar refractivity (Wildman–Crippen MR) is 104 cm³/mol. The van der Waals surface area contributed by atoms with Gasteiger partial charge in [-0.1, -0.05) is 60.3 Å². The normalized spacial score (nSPS) is 58.1. The van der Waals surface area contributed by atoms with Crippen molar-refractivity contribution in [2.75, 3.05) is 0 Å². The smallest absolute Gasteiger partial charge is 0.0233 e. The zero-order valence-corrected chi connectivity index (χ0v) is 17.1. The van der Waals surface area contributed by atoms with E-state index in [1.165, 1.54) is 38.5 Å². The van der Waals surface area contributed by atoms with E-state index >= 15 is 0 Å². The molecule has 4 aliphatic carbocycles. The van der Waals surface area contributed by atoms with E-state index in [0.717, 1.165) is 41.4 Å². The molecule has 0 nitrogen and oxygen atoms in total. The molecule has 0 heterocycles. The maximum Gasteiger partial charge on any atom is -0.0233 e. The van der Waals surface area contributed by atoms with Crippen molar-refractivity contribution in [1.82, 2.24) is 0 Å². The molecule has 0 aromatic carbocycles. The van der Waals surface area contributed by atoms with E-state index in [0.29, 0.717) is 10.8 Å². The average Bonchev–Trinajstić information content (AvgIpc) is 2.72. The molecule has 24 heavy (non-hydrogen) atoms. The molecule has 4 fully saturated rings. The van der Waals surface area contributed by atoms with Gasteiger partial charge in [-0.2, -0.15) is 0 Å². The number of hydrogen-bond donors (Lipinski definition) is 0. The maximum atomic E-state index is 2.71. The van der Waals surface area contributed by atoms with E-state index in [1.807, 2.05) is 0 Å². The Balaban J connectivity index is 1.78. The van der Waals surface area contributed by atoms with Gasteiger partial charge in [0.05, 0.1) is 0 Å². The number of fused-ring (bicyclic) bond motifs is 1. The predicted octanol–water partition coefficient (Wildman–Crippen LogP) is 7.33. The van der Waals surface area contributed by atoms with Crippen molar-refractivity contribution in [3.05, 3.63) is 0 Å². The molecular formula is C24H42. The lowest BCUT2D eigenvalue weighted by Crippen LogP contribution is -2.44. The molecule has 0 radical (unpaired) electrons. The third-order valence-corrected chi connectivity index (χ3v) is 9.79. The highest BCUT2D eigenvalue weighted by Crippen LogP contribution is 2.72. The molecule has 138 valence electrons. The second kappa shape index (κ2) is 6.02. The van der Waals surface area contributed by atoms with Gasteiger partial charge in [-0.25, -0.2) is 0 Å². The summed E-state index contributed by atoms with van der Waals surface area (Å²) in [6.45, 7) is 13.2. The van der Waals surface area contributed by atoms with Crippen LogP contribution in [-0.4, -0.2) is 0 Å². The van der Waals surface area contributed by atoms with Gasteiger partial charge in [-0.05, 0) is 90.8 Å². The topological polar surface area (TPSA) is 0 Å². The van der Waals surface area contributed by atoms with Crippen molar-refractivity contribution >= 4 is 0 Å². The summed E-state index contributed by atoms with van der Waals surface area (Å²) in [6, 6.07) is 0. The lowest BCUT2D eigenvalue weighted by molar-refractivity contribution is -0.0249. The van der Waals surface area contributed by atoms with Crippen molar-refractivity contribution in [2.24, 2.45) is 52.3 Å². The molecule has 3 bridgehead atoms. The Labute approximate surface area is 151 Å². The van der Waals surface area contributed by atoms with Gasteiger partial charge in [0, 0.05) is 0 Å². The standard InChI is InChI=1S/C24H42/c1-16-8-6-7-9-20-19(4)22-12-17(2)13-24(21(20)11-10-16)15-23(22,5)14-18(24)3/h16-22H,6-15H2,1-5H3. The Kier molecular flexibility index (Phi) is 4.37. The van der Waals surface area contributed by atoms with Gasteiger partial charge in [0.15, 0.2) is 0 Å². The van der Waals surface area contributed by atoms with Crippen LogP contribution in [0, 0.1) is 52.3 Å². The summed E-state index contributed by atoms with van der Waals surface area (Å²) in [5.41, 5.74) is 1.36. The molecule has 9 atom stereocenters. The van der Waals surface area contributed by atoms with Crippen molar-refractivity contribution in [3.63, 3.8) is 0 Å². The van der Waals surface area contributed by atoms with Crippen LogP contribution in [0.2, 0.25) is 0 Å². The molecule has 0 aliphatic heterocycles. The maximum absolute atomic E-state index is 2.71. The Morgan fingerprint density at radius 2 is 1.50 bits per heavy atom. The summed E-state index contributed by atoms with van der Waals surface area (Å²) >= 11 is 0. The molecule has 4 saturated carbocycles. The van der Waals surface area contributed by atoms with Crippen LogP contribution < -0.4 is 0 Å². The SMILES string of the molecule is CC1CCCCC2C(C)C3CC(C)CC4(CC3(C)CC4C)C2CC1. The number of rotatable bonds is 0. The fourth-order valence-corrected chi connectivity index (χ4v) is 8.94. The van der Waals surface area contributed by atoms with Crippen LogP contribution in [0.3, 0.4) is 0 Å². The van der Waals surface area contributed by atoms with Crippen molar-refractivity contribution in [1.29, 1.82) is 0 Å². The van der Waals surface area contributed by atoms with Crippen LogP contribution in [0.1, 0.15) is 98.8 Å². The van der Waals surface area contributed by atoms with Gasteiger partial charge >= 0.3 is 0 Å². The highest BCUT2D eigenvalue weighted by atomic mass is 14.7. The van der Waals surface area contributed by atoms with Gasteiger partial charge < -0.3 is 0 Å². The van der Waals surface area contributed by atoms with Crippen LogP contribution in [0.15, 0.2) is 0 Å². The highest BCUT2D eigenvalue weighted by Gasteiger charge is 2.63. The second-order valence-electron chi connectivity index (χ2n) is 11.4. The minimum absolute atomic E-state index is 0.659. The van der Waals surface area contributed by atoms with E-state index in [1.54, 1.807) is 25.7 Å². The van der Waals surface area contributed by atoms with Crippen LogP contribution in [0.4, 0.5) is 0 Å². The van der Waals surface area contributed by atoms with E-state index in [9.17, 15) is 0 Å². The van der Waals surface area contributed by atoms with E-state index in [4.69, 9.17) is 0 Å². The molecule has 4 aliphatic rings.